The maximum absolute atomic E-state index is 6.18. The molecule has 1 heterocycles. The highest BCUT2D eigenvalue weighted by Crippen LogP contribution is 2.27. The van der Waals surface area contributed by atoms with E-state index in [4.69, 9.17) is 23.2 Å². The molecule has 0 saturated heterocycles. The predicted molar refractivity (Wildman–Crippen MR) is 76.3 cm³/mol. The van der Waals surface area contributed by atoms with E-state index in [1.54, 1.807) is 11.3 Å². The molecule has 1 unspecified atom stereocenters. The molecule has 1 aromatic heterocycles. The van der Waals surface area contributed by atoms with Gasteiger partial charge in [-0.05, 0) is 48.7 Å². The number of thiophene rings is 1. The van der Waals surface area contributed by atoms with Crippen LogP contribution in [-0.2, 0) is 6.42 Å². The Bertz CT molecular complexity index is 482. The summed E-state index contributed by atoms with van der Waals surface area (Å²) in [4.78, 5) is 1.31. The Hall–Kier alpha value is -0.540. The third-order valence-corrected chi connectivity index (χ3v) is 4.26. The Morgan fingerprint density at radius 3 is 2.76 bits per heavy atom. The molecule has 1 atom stereocenters. The predicted octanol–water partition coefficient (Wildman–Crippen LogP) is 4.56. The van der Waals surface area contributed by atoms with E-state index in [9.17, 15) is 0 Å². The summed E-state index contributed by atoms with van der Waals surface area (Å²) >= 11 is 13.9. The molecule has 0 fully saturated rings. The zero-order valence-corrected chi connectivity index (χ0v) is 11.7. The molecule has 1 N–H and O–H groups in total. The van der Waals surface area contributed by atoms with Gasteiger partial charge < -0.3 is 5.32 Å². The monoisotopic (exact) mass is 285 g/mol. The van der Waals surface area contributed by atoms with Gasteiger partial charge in [-0.25, -0.2) is 0 Å². The standard InChI is InChI=1S/C13H13Cl2NS/c1-16-12(13-3-2-6-17-13)8-9-7-10(14)4-5-11(9)15/h2-7,12,16H,8H2,1H3. The Balaban J connectivity index is 2.21. The van der Waals surface area contributed by atoms with Gasteiger partial charge in [0.1, 0.15) is 0 Å². The average molecular weight is 286 g/mol. The van der Waals surface area contributed by atoms with Crippen molar-refractivity contribution in [2.75, 3.05) is 7.05 Å². The second kappa shape index (κ2) is 5.87. The second-order valence-electron chi connectivity index (χ2n) is 3.80. The van der Waals surface area contributed by atoms with Crippen molar-refractivity contribution in [3.8, 4) is 0 Å². The molecule has 2 aromatic rings. The molecule has 1 aromatic carbocycles. The van der Waals surface area contributed by atoms with E-state index in [-0.39, 0.29) is 6.04 Å². The normalized spacial score (nSPS) is 12.6. The summed E-state index contributed by atoms with van der Waals surface area (Å²) < 4.78 is 0. The van der Waals surface area contributed by atoms with Crippen LogP contribution in [0.1, 0.15) is 16.5 Å². The van der Waals surface area contributed by atoms with Gasteiger partial charge in [0.25, 0.3) is 0 Å². The van der Waals surface area contributed by atoms with E-state index in [1.807, 2.05) is 25.2 Å². The lowest BCUT2D eigenvalue weighted by atomic mass is 10.0. The quantitative estimate of drug-likeness (QED) is 0.869. The summed E-state index contributed by atoms with van der Waals surface area (Å²) in [6.07, 6.45) is 0.844. The Morgan fingerprint density at radius 2 is 2.12 bits per heavy atom. The van der Waals surface area contributed by atoms with Crippen molar-refractivity contribution in [1.29, 1.82) is 0 Å². The molecule has 2 rings (SSSR count). The molecule has 0 aliphatic rings. The fourth-order valence-electron chi connectivity index (χ4n) is 1.75. The lowest BCUT2D eigenvalue weighted by molar-refractivity contribution is 0.602. The van der Waals surface area contributed by atoms with Crippen molar-refractivity contribution >= 4 is 34.5 Å². The van der Waals surface area contributed by atoms with Gasteiger partial charge in [-0.2, -0.15) is 0 Å². The first-order chi connectivity index (χ1) is 8.20. The second-order valence-corrected chi connectivity index (χ2v) is 5.62. The average Bonchev–Trinajstić information content (AvgIpc) is 2.84. The van der Waals surface area contributed by atoms with Crippen LogP contribution in [0.3, 0.4) is 0 Å². The third kappa shape index (κ3) is 3.23. The number of halogens is 2. The van der Waals surface area contributed by atoms with Gasteiger partial charge in [-0.1, -0.05) is 29.3 Å². The van der Waals surface area contributed by atoms with E-state index < -0.39 is 0 Å². The minimum absolute atomic E-state index is 0.283. The Morgan fingerprint density at radius 1 is 1.29 bits per heavy atom. The van der Waals surface area contributed by atoms with Crippen LogP contribution in [0.4, 0.5) is 0 Å². The number of nitrogens with one attached hydrogen (secondary N) is 1. The van der Waals surface area contributed by atoms with E-state index in [0.29, 0.717) is 0 Å². The molecule has 0 saturated carbocycles. The SMILES string of the molecule is CNC(Cc1cc(Cl)ccc1Cl)c1cccs1. The van der Waals surface area contributed by atoms with Crippen LogP contribution in [0.25, 0.3) is 0 Å². The number of hydrogen-bond acceptors (Lipinski definition) is 2. The molecule has 1 nitrogen and oxygen atoms in total. The first kappa shape index (κ1) is 12.9. The summed E-state index contributed by atoms with van der Waals surface area (Å²) in [6.45, 7) is 0. The zero-order valence-electron chi connectivity index (χ0n) is 9.41. The minimum Gasteiger partial charge on any atom is -0.312 e. The van der Waals surface area contributed by atoms with Gasteiger partial charge in [-0.3, -0.25) is 0 Å². The Labute approximate surface area is 115 Å². The summed E-state index contributed by atoms with van der Waals surface area (Å²) in [5.41, 5.74) is 1.08. The van der Waals surface area contributed by atoms with Gasteiger partial charge in [0.15, 0.2) is 0 Å². The highest BCUT2D eigenvalue weighted by atomic mass is 35.5. The lowest BCUT2D eigenvalue weighted by Gasteiger charge is -2.15. The molecule has 17 heavy (non-hydrogen) atoms. The first-order valence-corrected chi connectivity index (χ1v) is 6.99. The van der Waals surface area contributed by atoms with Crippen LogP contribution in [0.15, 0.2) is 35.7 Å². The van der Waals surface area contributed by atoms with Gasteiger partial charge in [0.2, 0.25) is 0 Å². The highest BCUT2D eigenvalue weighted by molar-refractivity contribution is 7.10. The smallest absolute Gasteiger partial charge is 0.0453 e. The molecule has 0 radical (unpaired) electrons. The van der Waals surface area contributed by atoms with E-state index in [2.05, 4.69) is 22.8 Å². The molecule has 0 bridgehead atoms. The van der Waals surface area contributed by atoms with Gasteiger partial charge in [0.05, 0.1) is 0 Å². The van der Waals surface area contributed by atoms with Crippen molar-refractivity contribution in [3.05, 3.63) is 56.2 Å². The molecule has 0 aliphatic carbocycles. The molecular formula is C13H13Cl2NS. The number of hydrogen-bond donors (Lipinski definition) is 1. The number of benzene rings is 1. The van der Waals surface area contributed by atoms with Gasteiger partial charge >= 0.3 is 0 Å². The van der Waals surface area contributed by atoms with Gasteiger partial charge in [0, 0.05) is 21.0 Å². The summed E-state index contributed by atoms with van der Waals surface area (Å²) in [6, 6.07) is 10.1. The number of likely N-dealkylation sites (N-methyl/N-ethyl adjacent to an activating group) is 1. The van der Waals surface area contributed by atoms with Crippen molar-refractivity contribution < 1.29 is 0 Å². The third-order valence-electron chi connectivity index (χ3n) is 2.67. The van der Waals surface area contributed by atoms with E-state index in [0.717, 1.165) is 22.0 Å². The minimum atomic E-state index is 0.283. The van der Waals surface area contributed by atoms with E-state index in [1.165, 1.54) is 4.88 Å². The molecule has 4 heteroatoms. The summed E-state index contributed by atoms with van der Waals surface area (Å²) in [7, 11) is 1.96. The van der Waals surface area contributed by atoms with Crippen molar-refractivity contribution in [2.24, 2.45) is 0 Å². The molecule has 0 spiro atoms. The Kier molecular flexibility index (Phi) is 4.46. The molecule has 90 valence electrons. The fourth-order valence-corrected chi connectivity index (χ4v) is 2.98. The van der Waals surface area contributed by atoms with E-state index >= 15 is 0 Å². The van der Waals surface area contributed by atoms with Crippen molar-refractivity contribution in [1.82, 2.24) is 5.32 Å². The molecule has 0 aliphatic heterocycles. The van der Waals surface area contributed by atoms with Crippen LogP contribution < -0.4 is 5.32 Å². The van der Waals surface area contributed by atoms with Crippen LogP contribution >= 0.6 is 34.5 Å². The van der Waals surface area contributed by atoms with Crippen LogP contribution in [0, 0.1) is 0 Å². The fraction of sp³-hybridized carbons (Fsp3) is 0.231. The maximum Gasteiger partial charge on any atom is 0.0453 e. The van der Waals surface area contributed by atoms with Crippen molar-refractivity contribution in [2.45, 2.75) is 12.5 Å². The summed E-state index contributed by atoms with van der Waals surface area (Å²) in [5.74, 6) is 0. The van der Waals surface area contributed by atoms with Crippen LogP contribution in [-0.4, -0.2) is 7.05 Å². The number of rotatable bonds is 4. The summed E-state index contributed by atoms with van der Waals surface area (Å²) in [5, 5.41) is 6.89. The van der Waals surface area contributed by atoms with Crippen LogP contribution in [0.5, 0.6) is 0 Å². The first-order valence-electron chi connectivity index (χ1n) is 5.35. The van der Waals surface area contributed by atoms with Crippen molar-refractivity contribution in [3.63, 3.8) is 0 Å². The zero-order chi connectivity index (χ0) is 12.3. The largest absolute Gasteiger partial charge is 0.312 e. The topological polar surface area (TPSA) is 12.0 Å². The highest BCUT2D eigenvalue weighted by Gasteiger charge is 2.13. The molecule has 0 amide bonds. The lowest BCUT2D eigenvalue weighted by Crippen LogP contribution is -2.17. The van der Waals surface area contributed by atoms with Crippen LogP contribution in [0.2, 0.25) is 10.0 Å². The molecular weight excluding hydrogens is 273 g/mol. The van der Waals surface area contributed by atoms with Gasteiger partial charge in [-0.15, -0.1) is 11.3 Å². The maximum atomic E-state index is 6.18.